The Morgan fingerprint density at radius 2 is 2.08 bits per heavy atom. The van der Waals surface area contributed by atoms with Crippen LogP contribution in [0.1, 0.15) is 24.6 Å². The van der Waals surface area contributed by atoms with Gasteiger partial charge in [0.25, 0.3) is 11.5 Å². The van der Waals surface area contributed by atoms with Gasteiger partial charge in [0.05, 0.1) is 18.5 Å². The average Bonchev–Trinajstić information content (AvgIpc) is 3.43. The van der Waals surface area contributed by atoms with E-state index in [0.717, 1.165) is 5.69 Å². The number of ether oxygens (including phenoxy) is 1. The number of aliphatic hydroxyl groups is 2. The van der Waals surface area contributed by atoms with Crippen LogP contribution in [0.15, 0.2) is 72.3 Å². The summed E-state index contributed by atoms with van der Waals surface area (Å²) in [6, 6.07) is 8.43. The fraction of sp³-hybridized carbons (Fsp3) is 0.333. The van der Waals surface area contributed by atoms with Crippen molar-refractivity contribution in [2.24, 2.45) is 5.92 Å². The zero-order chi connectivity index (χ0) is 26.6. The van der Waals surface area contributed by atoms with Crippen molar-refractivity contribution in [2.45, 2.75) is 31.9 Å². The summed E-state index contributed by atoms with van der Waals surface area (Å²) in [4.78, 5) is 27.8. The van der Waals surface area contributed by atoms with Crippen LogP contribution in [0.4, 0.5) is 5.69 Å². The molecule has 10 nitrogen and oxygen atoms in total. The molecule has 0 radical (unpaired) electrons. The summed E-state index contributed by atoms with van der Waals surface area (Å²) in [5.41, 5.74) is 0.0597. The molecule has 0 saturated heterocycles. The third-order valence-corrected chi connectivity index (χ3v) is 6.54. The number of allylic oxidation sites excluding steroid dienone is 1. The second-order valence-electron chi connectivity index (χ2n) is 8.88. The summed E-state index contributed by atoms with van der Waals surface area (Å²) >= 11 is 0. The number of hydrogen-bond donors (Lipinski definition) is 2. The van der Waals surface area contributed by atoms with Crippen LogP contribution in [0.3, 0.4) is 0 Å². The Hall–Kier alpha value is -4.02. The first-order valence-electron chi connectivity index (χ1n) is 12.1. The maximum Gasteiger partial charge on any atom is 0.297 e. The first kappa shape index (κ1) is 26.1. The van der Waals surface area contributed by atoms with Crippen molar-refractivity contribution in [3.63, 3.8) is 0 Å². The van der Waals surface area contributed by atoms with Crippen LogP contribution in [0.5, 0.6) is 5.75 Å². The van der Waals surface area contributed by atoms with Crippen LogP contribution in [0.2, 0.25) is 0 Å². The van der Waals surface area contributed by atoms with Gasteiger partial charge >= 0.3 is 0 Å². The van der Waals surface area contributed by atoms with E-state index in [9.17, 15) is 14.7 Å². The van der Waals surface area contributed by atoms with Gasteiger partial charge in [-0.05, 0) is 36.8 Å². The normalized spacial score (nSPS) is 17.8. The van der Waals surface area contributed by atoms with Gasteiger partial charge in [-0.3, -0.25) is 18.8 Å². The van der Waals surface area contributed by atoms with Crippen molar-refractivity contribution in [1.29, 1.82) is 0 Å². The zero-order valence-electron chi connectivity index (χ0n) is 20.9. The summed E-state index contributed by atoms with van der Waals surface area (Å²) < 4.78 is 8.27. The highest BCUT2D eigenvalue weighted by molar-refractivity contribution is 6.07. The van der Waals surface area contributed by atoms with E-state index in [-0.39, 0.29) is 24.5 Å². The van der Waals surface area contributed by atoms with Gasteiger partial charge in [0.2, 0.25) is 0 Å². The lowest BCUT2D eigenvalue weighted by Crippen LogP contribution is -2.44. The minimum atomic E-state index is -1.82. The molecule has 0 fully saturated rings. The van der Waals surface area contributed by atoms with Crippen molar-refractivity contribution < 1.29 is 19.7 Å². The summed E-state index contributed by atoms with van der Waals surface area (Å²) in [6.07, 6.45) is 9.78. The third kappa shape index (κ3) is 4.85. The largest absolute Gasteiger partial charge is 0.491 e. The molecule has 1 aliphatic rings. The number of amides is 1. The maximum absolute atomic E-state index is 13.5. The number of aliphatic hydroxyl groups excluding tert-OH is 1. The lowest BCUT2D eigenvalue weighted by atomic mass is 9.82. The number of hydrogen-bond acceptors (Lipinski definition) is 7. The highest BCUT2D eigenvalue weighted by Crippen LogP contribution is 2.45. The molecule has 3 aromatic rings. The first-order valence-corrected chi connectivity index (χ1v) is 12.1. The Kier molecular flexibility index (Phi) is 7.70. The quantitative estimate of drug-likeness (QED) is 0.382. The molecule has 0 bridgehead atoms. The molecule has 0 spiro atoms. The number of rotatable bonds is 11. The van der Waals surface area contributed by atoms with Crippen LogP contribution >= 0.6 is 0 Å². The number of aryl methyl sites for hydroxylation is 1. The standard InChI is InChI=1S/C27H31N5O5/c1-4-13-32-23-11-10-21(31-15-7-9-24(37-3)25(31)34)17-22(23)27(36,26(32)35)19(2)8-5-6-14-30-18-20(12-16-33)28-29-30/h4-5,7-11,15,17-19,33,36H,1,6,12-14,16H2,2-3H3/b8-5+/t19-,27+/m0/s1. The van der Waals surface area contributed by atoms with Gasteiger partial charge in [0.15, 0.2) is 11.4 Å². The topological polar surface area (TPSA) is 123 Å². The van der Waals surface area contributed by atoms with Gasteiger partial charge in [0, 0.05) is 55.7 Å². The van der Waals surface area contributed by atoms with Crippen molar-refractivity contribution in [1.82, 2.24) is 19.6 Å². The summed E-state index contributed by atoms with van der Waals surface area (Å²) in [6.45, 7) is 6.36. The number of methoxy groups -OCH3 is 1. The molecule has 1 aromatic carbocycles. The van der Waals surface area contributed by atoms with E-state index in [0.29, 0.717) is 36.3 Å². The lowest BCUT2D eigenvalue weighted by molar-refractivity contribution is -0.139. The molecule has 37 heavy (non-hydrogen) atoms. The van der Waals surface area contributed by atoms with Crippen LogP contribution in [-0.2, 0) is 23.4 Å². The molecule has 0 aliphatic carbocycles. The summed E-state index contributed by atoms with van der Waals surface area (Å²) in [5, 5.41) is 28.9. The lowest BCUT2D eigenvalue weighted by Gasteiger charge is -2.27. The van der Waals surface area contributed by atoms with Gasteiger partial charge in [-0.25, -0.2) is 0 Å². The molecule has 2 N–H and O–H groups in total. The van der Waals surface area contributed by atoms with Crippen molar-refractivity contribution in [2.75, 3.05) is 25.2 Å². The molecule has 1 aliphatic heterocycles. The molecule has 4 rings (SSSR count). The van der Waals surface area contributed by atoms with Gasteiger partial charge < -0.3 is 19.8 Å². The highest BCUT2D eigenvalue weighted by atomic mass is 16.5. The smallest absolute Gasteiger partial charge is 0.297 e. The Morgan fingerprint density at radius 1 is 1.27 bits per heavy atom. The van der Waals surface area contributed by atoms with Crippen LogP contribution < -0.4 is 15.2 Å². The molecule has 2 atom stereocenters. The van der Waals surface area contributed by atoms with E-state index >= 15 is 0 Å². The summed E-state index contributed by atoms with van der Waals surface area (Å²) in [7, 11) is 1.43. The fourth-order valence-electron chi connectivity index (χ4n) is 4.55. The fourth-order valence-corrected chi connectivity index (χ4v) is 4.55. The average molecular weight is 506 g/mol. The minimum Gasteiger partial charge on any atom is -0.491 e. The number of carbonyl (C=O) groups excluding carboxylic acids is 1. The van der Waals surface area contributed by atoms with E-state index in [1.807, 2.05) is 12.2 Å². The van der Waals surface area contributed by atoms with Gasteiger partial charge in [0.1, 0.15) is 0 Å². The van der Waals surface area contributed by atoms with Crippen molar-refractivity contribution >= 4 is 11.6 Å². The molecule has 194 valence electrons. The van der Waals surface area contributed by atoms with Crippen molar-refractivity contribution in [3.8, 4) is 11.4 Å². The highest BCUT2D eigenvalue weighted by Gasteiger charge is 2.52. The number of fused-ring (bicyclic) bond motifs is 1. The van der Waals surface area contributed by atoms with E-state index in [1.54, 1.807) is 60.4 Å². The molecular formula is C27H31N5O5. The molecule has 0 saturated carbocycles. The van der Waals surface area contributed by atoms with E-state index in [2.05, 4.69) is 16.9 Å². The molecule has 0 unspecified atom stereocenters. The van der Waals surface area contributed by atoms with Crippen molar-refractivity contribution in [3.05, 3.63) is 89.1 Å². The SMILES string of the molecule is C=CCN1C(=O)[C@@](O)([C@@H](C)/C=C/CCn2cc(CCO)nn2)c2cc(-n3cccc(OC)c3=O)ccc21. The van der Waals surface area contributed by atoms with E-state index in [4.69, 9.17) is 9.84 Å². The Morgan fingerprint density at radius 3 is 2.81 bits per heavy atom. The Balaban J connectivity index is 1.63. The maximum atomic E-state index is 13.5. The molecule has 1 amide bonds. The van der Waals surface area contributed by atoms with Crippen LogP contribution in [-0.4, -0.2) is 55.9 Å². The minimum absolute atomic E-state index is 0.0151. The molecule has 3 heterocycles. The zero-order valence-corrected chi connectivity index (χ0v) is 20.9. The number of aromatic nitrogens is 4. The predicted molar refractivity (Wildman–Crippen MR) is 139 cm³/mol. The van der Waals surface area contributed by atoms with Crippen LogP contribution in [0, 0.1) is 5.92 Å². The van der Waals surface area contributed by atoms with Gasteiger partial charge in [-0.1, -0.05) is 30.4 Å². The van der Waals surface area contributed by atoms with E-state index < -0.39 is 17.4 Å². The second kappa shape index (κ2) is 10.9. The Labute approximate surface area is 214 Å². The number of benzene rings is 1. The molecule has 2 aromatic heterocycles. The van der Waals surface area contributed by atoms with Gasteiger partial charge in [-0.15, -0.1) is 11.7 Å². The van der Waals surface area contributed by atoms with Crippen LogP contribution in [0.25, 0.3) is 5.69 Å². The number of nitrogens with zero attached hydrogens (tertiary/aromatic N) is 5. The number of carbonyl (C=O) groups is 1. The van der Waals surface area contributed by atoms with E-state index in [1.165, 1.54) is 16.6 Å². The number of pyridine rings is 1. The molecular weight excluding hydrogens is 474 g/mol. The molecule has 10 heteroatoms. The predicted octanol–water partition coefficient (Wildman–Crippen LogP) is 1.98. The number of anilines is 1. The monoisotopic (exact) mass is 505 g/mol. The first-order chi connectivity index (χ1) is 17.8. The second-order valence-corrected chi connectivity index (χ2v) is 8.88. The third-order valence-electron chi connectivity index (χ3n) is 6.54. The Bertz CT molecular complexity index is 1380. The summed E-state index contributed by atoms with van der Waals surface area (Å²) in [5.74, 6) is -0.819. The van der Waals surface area contributed by atoms with Gasteiger partial charge in [-0.2, -0.15) is 0 Å².